The van der Waals surface area contributed by atoms with Crippen LogP contribution < -0.4 is 0 Å². The second kappa shape index (κ2) is 3.94. The zero-order valence-corrected chi connectivity index (χ0v) is 12.3. The Morgan fingerprint density at radius 3 is 2.68 bits per heavy atom. The minimum Gasteiger partial charge on any atom is -0.0610 e. The van der Waals surface area contributed by atoms with E-state index in [1.807, 2.05) is 0 Å². The standard InChI is InChI=1S/C18H13Br/c1-11-15-4-2-3-12(15)6-8-16-17(11)9-13-5-7-14(19)10-18(13)16/h2-8,10H,9H2,1H3. The van der Waals surface area contributed by atoms with Gasteiger partial charge < -0.3 is 0 Å². The predicted molar refractivity (Wildman–Crippen MR) is 83.7 cm³/mol. The quantitative estimate of drug-likeness (QED) is 0.406. The molecule has 0 saturated carbocycles. The van der Waals surface area contributed by atoms with Gasteiger partial charge in [-0.25, -0.2) is 0 Å². The Bertz CT molecular complexity index is 771. The molecule has 1 heteroatoms. The van der Waals surface area contributed by atoms with Gasteiger partial charge in [0.05, 0.1) is 0 Å². The molecule has 0 nitrogen and oxygen atoms in total. The summed E-state index contributed by atoms with van der Waals surface area (Å²) in [5, 5.41) is 0. The highest BCUT2D eigenvalue weighted by Gasteiger charge is 2.21. The van der Waals surface area contributed by atoms with Crippen molar-refractivity contribution < 1.29 is 0 Å². The van der Waals surface area contributed by atoms with E-state index in [9.17, 15) is 0 Å². The summed E-state index contributed by atoms with van der Waals surface area (Å²) in [5.41, 5.74) is 9.83. The maximum absolute atomic E-state index is 3.58. The first-order chi connectivity index (χ1) is 9.24. The molecule has 0 radical (unpaired) electrons. The Morgan fingerprint density at radius 1 is 0.895 bits per heavy atom. The van der Waals surface area contributed by atoms with Crippen molar-refractivity contribution in [2.75, 3.05) is 0 Å². The molecule has 0 saturated heterocycles. The number of fused-ring (bicyclic) bond motifs is 4. The third-order valence-corrected chi connectivity index (χ3v) is 4.68. The largest absolute Gasteiger partial charge is 0.0610 e. The molecule has 0 unspecified atom stereocenters. The van der Waals surface area contributed by atoms with Crippen molar-refractivity contribution in [3.63, 3.8) is 0 Å². The maximum atomic E-state index is 3.58. The topological polar surface area (TPSA) is 0 Å². The van der Waals surface area contributed by atoms with Crippen LogP contribution in [-0.2, 0) is 6.42 Å². The summed E-state index contributed by atoms with van der Waals surface area (Å²) in [5.74, 6) is 0. The summed E-state index contributed by atoms with van der Waals surface area (Å²) >= 11 is 3.58. The van der Waals surface area contributed by atoms with Gasteiger partial charge in [-0.2, -0.15) is 0 Å². The van der Waals surface area contributed by atoms with E-state index in [2.05, 4.69) is 71.4 Å². The minimum absolute atomic E-state index is 1.05. The molecule has 1 aromatic carbocycles. The average Bonchev–Trinajstić information content (AvgIpc) is 2.97. The Labute approximate surface area is 121 Å². The van der Waals surface area contributed by atoms with E-state index < -0.39 is 0 Å². The highest BCUT2D eigenvalue weighted by Crippen LogP contribution is 2.42. The molecule has 0 heterocycles. The SMILES string of the molecule is Cc1c2cccc-2ccc2c1Cc1ccc(Br)cc1-2. The van der Waals surface area contributed by atoms with Crippen molar-refractivity contribution in [2.24, 2.45) is 0 Å². The van der Waals surface area contributed by atoms with Crippen LogP contribution in [0.25, 0.3) is 22.3 Å². The maximum Gasteiger partial charge on any atom is 0.0181 e. The van der Waals surface area contributed by atoms with Gasteiger partial charge in [0.2, 0.25) is 0 Å². The summed E-state index contributed by atoms with van der Waals surface area (Å²) in [6, 6.07) is 17.7. The zero-order chi connectivity index (χ0) is 13.0. The monoisotopic (exact) mass is 308 g/mol. The van der Waals surface area contributed by atoms with E-state index >= 15 is 0 Å². The fourth-order valence-corrected chi connectivity index (χ4v) is 3.54. The molecule has 0 fully saturated rings. The van der Waals surface area contributed by atoms with Crippen LogP contribution in [0.5, 0.6) is 0 Å². The van der Waals surface area contributed by atoms with Crippen LogP contribution in [0.3, 0.4) is 0 Å². The molecule has 0 N–H and O–H groups in total. The van der Waals surface area contributed by atoms with Crippen molar-refractivity contribution in [1.29, 1.82) is 0 Å². The number of hydrogen-bond donors (Lipinski definition) is 0. The first-order valence-corrected chi connectivity index (χ1v) is 7.33. The Balaban J connectivity index is 2.08. The molecule has 3 aliphatic rings. The Hall–Kier alpha value is -1.60. The average molecular weight is 309 g/mol. The first-order valence-electron chi connectivity index (χ1n) is 6.54. The summed E-state index contributed by atoms with van der Waals surface area (Å²) in [4.78, 5) is 0. The molecule has 0 aliphatic heterocycles. The zero-order valence-electron chi connectivity index (χ0n) is 10.7. The third-order valence-electron chi connectivity index (χ3n) is 4.19. The summed E-state index contributed by atoms with van der Waals surface area (Å²) in [6.45, 7) is 2.25. The van der Waals surface area contributed by atoms with Crippen molar-refractivity contribution in [1.82, 2.24) is 0 Å². The van der Waals surface area contributed by atoms with Crippen LogP contribution in [0.4, 0.5) is 0 Å². The molecular formula is C18H13Br. The molecule has 0 aromatic heterocycles. The lowest BCUT2D eigenvalue weighted by Crippen LogP contribution is -1.85. The first kappa shape index (κ1) is 11.2. The highest BCUT2D eigenvalue weighted by atomic mass is 79.9. The number of hydrogen-bond acceptors (Lipinski definition) is 0. The van der Waals surface area contributed by atoms with Crippen molar-refractivity contribution >= 4 is 15.9 Å². The molecule has 0 spiro atoms. The van der Waals surface area contributed by atoms with Crippen LogP contribution >= 0.6 is 15.9 Å². The van der Waals surface area contributed by atoms with Gasteiger partial charge in [0.25, 0.3) is 0 Å². The lowest BCUT2D eigenvalue weighted by atomic mass is 10.0. The lowest BCUT2D eigenvalue weighted by Gasteiger charge is -2.02. The molecule has 0 bridgehead atoms. The number of halogens is 1. The lowest BCUT2D eigenvalue weighted by molar-refractivity contribution is 1.22. The number of benzene rings is 1. The summed E-state index contributed by atoms with van der Waals surface area (Å²) in [7, 11) is 0. The molecular weight excluding hydrogens is 296 g/mol. The van der Waals surface area contributed by atoms with Crippen molar-refractivity contribution in [2.45, 2.75) is 13.3 Å². The van der Waals surface area contributed by atoms with Gasteiger partial charge in [0.15, 0.2) is 0 Å². The second-order valence-corrected chi connectivity index (χ2v) is 6.14. The van der Waals surface area contributed by atoms with E-state index in [0.717, 1.165) is 10.9 Å². The van der Waals surface area contributed by atoms with Gasteiger partial charge in [-0.15, -0.1) is 0 Å². The van der Waals surface area contributed by atoms with E-state index in [1.54, 1.807) is 0 Å². The van der Waals surface area contributed by atoms with Gasteiger partial charge in [0.1, 0.15) is 0 Å². The van der Waals surface area contributed by atoms with Gasteiger partial charge in [-0.05, 0) is 64.4 Å². The fraction of sp³-hybridized carbons (Fsp3) is 0.111. The van der Waals surface area contributed by atoms with E-state index in [0.29, 0.717) is 0 Å². The van der Waals surface area contributed by atoms with Crippen molar-refractivity contribution in [3.05, 3.63) is 69.7 Å². The van der Waals surface area contributed by atoms with Crippen LogP contribution in [-0.4, -0.2) is 0 Å². The van der Waals surface area contributed by atoms with Gasteiger partial charge in [-0.3, -0.25) is 0 Å². The smallest absolute Gasteiger partial charge is 0.0181 e. The third kappa shape index (κ3) is 1.58. The van der Waals surface area contributed by atoms with Gasteiger partial charge in [-0.1, -0.05) is 52.3 Å². The van der Waals surface area contributed by atoms with Gasteiger partial charge in [0, 0.05) is 4.47 Å². The van der Waals surface area contributed by atoms with E-state index in [1.165, 1.54) is 38.9 Å². The predicted octanol–water partition coefficient (Wildman–Crippen LogP) is 5.43. The van der Waals surface area contributed by atoms with Crippen LogP contribution in [0.1, 0.15) is 16.7 Å². The Kier molecular flexibility index (Phi) is 2.33. The van der Waals surface area contributed by atoms with E-state index in [-0.39, 0.29) is 0 Å². The molecule has 0 amide bonds. The molecule has 92 valence electrons. The fourth-order valence-electron chi connectivity index (χ4n) is 3.18. The molecule has 1 aromatic rings. The van der Waals surface area contributed by atoms with Crippen molar-refractivity contribution in [3.8, 4) is 22.3 Å². The Morgan fingerprint density at radius 2 is 1.79 bits per heavy atom. The highest BCUT2D eigenvalue weighted by molar-refractivity contribution is 9.10. The molecule has 19 heavy (non-hydrogen) atoms. The van der Waals surface area contributed by atoms with Crippen LogP contribution in [0.15, 0.2) is 53.0 Å². The molecule has 3 aliphatic carbocycles. The second-order valence-electron chi connectivity index (χ2n) is 5.22. The molecule has 4 rings (SSSR count). The van der Waals surface area contributed by atoms with E-state index in [4.69, 9.17) is 0 Å². The van der Waals surface area contributed by atoms with Crippen LogP contribution in [0, 0.1) is 6.92 Å². The van der Waals surface area contributed by atoms with Gasteiger partial charge >= 0.3 is 0 Å². The summed E-state index contributed by atoms with van der Waals surface area (Å²) < 4.78 is 1.15. The molecule has 0 atom stereocenters. The summed E-state index contributed by atoms with van der Waals surface area (Å²) in [6.07, 6.45) is 1.05. The minimum atomic E-state index is 1.05. The normalized spacial score (nSPS) is 12.5. The number of rotatable bonds is 0. The van der Waals surface area contributed by atoms with Crippen LogP contribution in [0.2, 0.25) is 0 Å².